The van der Waals surface area contributed by atoms with E-state index < -0.39 is 29.2 Å². The highest BCUT2D eigenvalue weighted by Gasteiger charge is 2.32. The van der Waals surface area contributed by atoms with Gasteiger partial charge in [0.25, 0.3) is 0 Å². The van der Waals surface area contributed by atoms with E-state index in [-0.39, 0.29) is 18.3 Å². The zero-order chi connectivity index (χ0) is 22.0. The number of aromatic nitrogens is 1. The molecule has 0 bridgehead atoms. The van der Waals surface area contributed by atoms with E-state index in [9.17, 15) is 24.8 Å². The second-order valence-electron chi connectivity index (χ2n) is 6.89. The van der Waals surface area contributed by atoms with Gasteiger partial charge in [-0.05, 0) is 28.3 Å². The van der Waals surface area contributed by atoms with Crippen molar-refractivity contribution in [3.8, 4) is 11.1 Å². The minimum absolute atomic E-state index is 0.0520. The van der Waals surface area contributed by atoms with Crippen molar-refractivity contribution in [2.45, 2.75) is 5.92 Å². The Kier molecular flexibility index (Phi) is 5.31. The van der Waals surface area contributed by atoms with Gasteiger partial charge >= 0.3 is 17.7 Å². The number of carbonyl (C=O) groups is 2. The van der Waals surface area contributed by atoms with Crippen LogP contribution in [0.25, 0.3) is 11.1 Å². The van der Waals surface area contributed by atoms with Crippen LogP contribution in [0.1, 0.15) is 17.0 Å². The molecule has 0 unspecified atom stereocenters. The molecule has 0 fully saturated rings. The van der Waals surface area contributed by atoms with Gasteiger partial charge in [0.2, 0.25) is 5.82 Å². The van der Waals surface area contributed by atoms with Crippen LogP contribution in [0.15, 0.2) is 66.9 Å². The second-order valence-corrected chi connectivity index (χ2v) is 6.89. The van der Waals surface area contributed by atoms with Crippen molar-refractivity contribution < 1.29 is 24.4 Å². The number of hydrogen-bond donors (Lipinski definition) is 1. The number of hydrogen-bond acceptors (Lipinski definition) is 6. The second kappa shape index (κ2) is 8.23. The number of pyridine rings is 1. The molecule has 0 spiro atoms. The van der Waals surface area contributed by atoms with Gasteiger partial charge in [-0.25, -0.2) is 14.7 Å². The Morgan fingerprint density at radius 3 is 2.23 bits per heavy atom. The van der Waals surface area contributed by atoms with Gasteiger partial charge in [-0.2, -0.15) is 0 Å². The third kappa shape index (κ3) is 3.80. The monoisotopic (exact) mass is 419 g/mol. The summed E-state index contributed by atoms with van der Waals surface area (Å²) in [5, 5.41) is 20.5. The number of rotatable bonds is 6. The van der Waals surface area contributed by atoms with Gasteiger partial charge in [0, 0.05) is 18.2 Å². The SMILES string of the molecule is O=C(O)CN(C(=O)OCC1c2ccccc2-c2ccccc21)c1ncccc1[N+](=O)[O-]. The van der Waals surface area contributed by atoms with E-state index in [1.807, 2.05) is 48.5 Å². The molecule has 1 N–H and O–H groups in total. The van der Waals surface area contributed by atoms with Crippen LogP contribution in [0.2, 0.25) is 0 Å². The first-order chi connectivity index (χ1) is 15.0. The van der Waals surface area contributed by atoms with Crippen molar-refractivity contribution >= 4 is 23.6 Å². The summed E-state index contributed by atoms with van der Waals surface area (Å²) >= 11 is 0. The first kappa shape index (κ1) is 20.0. The van der Waals surface area contributed by atoms with Crippen molar-refractivity contribution in [2.75, 3.05) is 18.1 Å². The first-order valence-corrected chi connectivity index (χ1v) is 9.41. The van der Waals surface area contributed by atoms with E-state index in [0.29, 0.717) is 4.90 Å². The molecule has 0 aliphatic heterocycles. The van der Waals surface area contributed by atoms with Crippen LogP contribution in [0.4, 0.5) is 16.3 Å². The van der Waals surface area contributed by atoms with Crippen LogP contribution >= 0.6 is 0 Å². The summed E-state index contributed by atoms with van der Waals surface area (Å²) in [6.45, 7) is -0.877. The maximum absolute atomic E-state index is 12.8. The number of carboxylic acid groups (broad SMARTS) is 1. The summed E-state index contributed by atoms with van der Waals surface area (Å²) in [5.41, 5.74) is 3.58. The number of benzene rings is 2. The Bertz CT molecular complexity index is 1130. The number of amides is 1. The lowest BCUT2D eigenvalue weighted by molar-refractivity contribution is -0.384. The highest BCUT2D eigenvalue weighted by atomic mass is 16.6. The van der Waals surface area contributed by atoms with Crippen molar-refractivity contribution in [3.05, 3.63) is 88.1 Å². The highest BCUT2D eigenvalue weighted by molar-refractivity contribution is 5.94. The van der Waals surface area contributed by atoms with Gasteiger partial charge in [-0.15, -0.1) is 0 Å². The zero-order valence-electron chi connectivity index (χ0n) is 16.2. The summed E-state index contributed by atoms with van der Waals surface area (Å²) < 4.78 is 5.45. The molecule has 0 saturated carbocycles. The predicted molar refractivity (Wildman–Crippen MR) is 111 cm³/mol. The molecule has 0 atom stereocenters. The molecule has 31 heavy (non-hydrogen) atoms. The molecular formula is C22H17N3O6. The molecule has 2 aromatic carbocycles. The van der Waals surface area contributed by atoms with Crippen LogP contribution in [0.3, 0.4) is 0 Å². The Labute approximate surface area is 176 Å². The molecule has 0 saturated heterocycles. The maximum Gasteiger partial charge on any atom is 0.416 e. The highest BCUT2D eigenvalue weighted by Crippen LogP contribution is 2.44. The van der Waals surface area contributed by atoms with E-state index in [0.717, 1.165) is 28.3 Å². The smallest absolute Gasteiger partial charge is 0.416 e. The van der Waals surface area contributed by atoms with Crippen LogP contribution in [0.5, 0.6) is 0 Å². The van der Waals surface area contributed by atoms with E-state index >= 15 is 0 Å². The summed E-state index contributed by atoms with van der Waals surface area (Å²) in [7, 11) is 0. The lowest BCUT2D eigenvalue weighted by Crippen LogP contribution is -2.37. The third-order valence-corrected chi connectivity index (χ3v) is 5.07. The largest absolute Gasteiger partial charge is 0.480 e. The fraction of sp³-hybridized carbons (Fsp3) is 0.136. The average molecular weight is 419 g/mol. The van der Waals surface area contributed by atoms with Gasteiger partial charge in [-0.1, -0.05) is 48.5 Å². The van der Waals surface area contributed by atoms with Gasteiger partial charge in [0.15, 0.2) is 0 Å². The third-order valence-electron chi connectivity index (χ3n) is 5.07. The van der Waals surface area contributed by atoms with Crippen LogP contribution < -0.4 is 4.90 Å². The van der Waals surface area contributed by atoms with Gasteiger partial charge in [0.1, 0.15) is 13.2 Å². The lowest BCUT2D eigenvalue weighted by Gasteiger charge is -2.21. The molecule has 9 heteroatoms. The molecule has 1 aliphatic carbocycles. The van der Waals surface area contributed by atoms with Gasteiger partial charge < -0.3 is 9.84 Å². The molecule has 9 nitrogen and oxygen atoms in total. The molecule has 1 aromatic heterocycles. The maximum atomic E-state index is 12.8. The van der Waals surface area contributed by atoms with E-state index in [2.05, 4.69) is 4.98 Å². The molecule has 3 aromatic rings. The van der Waals surface area contributed by atoms with Crippen molar-refractivity contribution in [3.63, 3.8) is 0 Å². The number of anilines is 1. The summed E-state index contributed by atoms with van der Waals surface area (Å²) in [5.74, 6) is -1.97. The summed E-state index contributed by atoms with van der Waals surface area (Å²) in [6, 6.07) is 18.0. The lowest BCUT2D eigenvalue weighted by atomic mass is 9.98. The minimum Gasteiger partial charge on any atom is -0.480 e. The van der Waals surface area contributed by atoms with E-state index in [1.165, 1.54) is 12.3 Å². The number of ether oxygens (including phenoxy) is 1. The Balaban J connectivity index is 1.61. The summed E-state index contributed by atoms with van der Waals surface area (Å²) in [6.07, 6.45) is 0.222. The molecule has 156 valence electrons. The van der Waals surface area contributed by atoms with Crippen molar-refractivity contribution in [1.29, 1.82) is 0 Å². The molecule has 4 rings (SSSR count). The number of carboxylic acids is 1. The Morgan fingerprint density at radius 1 is 1.03 bits per heavy atom. The number of carbonyl (C=O) groups excluding carboxylic acids is 1. The fourth-order valence-electron chi connectivity index (χ4n) is 3.77. The topological polar surface area (TPSA) is 123 Å². The van der Waals surface area contributed by atoms with Crippen molar-refractivity contribution in [2.24, 2.45) is 0 Å². The van der Waals surface area contributed by atoms with Gasteiger partial charge in [-0.3, -0.25) is 14.9 Å². The van der Waals surface area contributed by atoms with Crippen LogP contribution in [0, 0.1) is 10.1 Å². The molecule has 1 heterocycles. The first-order valence-electron chi connectivity index (χ1n) is 9.41. The molecule has 1 amide bonds. The quantitative estimate of drug-likeness (QED) is 0.476. The summed E-state index contributed by atoms with van der Waals surface area (Å²) in [4.78, 5) is 39.2. The van der Waals surface area contributed by atoms with Crippen molar-refractivity contribution in [1.82, 2.24) is 4.98 Å². The van der Waals surface area contributed by atoms with Gasteiger partial charge in [0.05, 0.1) is 4.92 Å². The number of aliphatic carboxylic acids is 1. The van der Waals surface area contributed by atoms with E-state index in [4.69, 9.17) is 4.74 Å². The minimum atomic E-state index is -1.35. The van der Waals surface area contributed by atoms with Crippen LogP contribution in [-0.4, -0.2) is 40.2 Å². The normalized spacial score (nSPS) is 12.0. The van der Waals surface area contributed by atoms with Crippen LogP contribution in [-0.2, 0) is 9.53 Å². The Morgan fingerprint density at radius 2 is 1.65 bits per heavy atom. The average Bonchev–Trinajstić information content (AvgIpc) is 3.09. The molecule has 1 aliphatic rings. The predicted octanol–water partition coefficient (Wildman–Crippen LogP) is 3.83. The number of nitro groups is 1. The number of fused-ring (bicyclic) bond motifs is 3. The molecule has 0 radical (unpaired) electrons. The fourth-order valence-corrected chi connectivity index (χ4v) is 3.77. The van der Waals surface area contributed by atoms with E-state index in [1.54, 1.807) is 0 Å². The Hall–Kier alpha value is -4.27. The number of nitrogens with zero attached hydrogens (tertiary/aromatic N) is 3. The zero-order valence-corrected chi connectivity index (χ0v) is 16.2. The molecular weight excluding hydrogens is 402 g/mol. The standard InChI is InChI=1S/C22H17N3O6/c26-20(27)12-24(21-19(25(29)30)10-5-11-23-21)22(28)31-13-18-16-8-3-1-6-14(16)15-7-2-4-9-17(15)18/h1-11,18H,12-13H2,(H,26,27).